The molecular formula is C22H23BrN2O3S. The van der Waals surface area contributed by atoms with Crippen molar-refractivity contribution in [2.45, 2.75) is 13.8 Å². The van der Waals surface area contributed by atoms with Gasteiger partial charge in [0, 0.05) is 14.1 Å². The highest BCUT2D eigenvalue weighted by Crippen LogP contribution is 2.37. The molecule has 1 amide bonds. The number of amides is 1. The van der Waals surface area contributed by atoms with Gasteiger partial charge in [-0.25, -0.2) is 4.98 Å². The Morgan fingerprint density at radius 2 is 1.90 bits per heavy atom. The lowest BCUT2D eigenvalue weighted by Gasteiger charge is -2.15. The first-order valence-corrected chi connectivity index (χ1v) is 10.7. The summed E-state index contributed by atoms with van der Waals surface area (Å²) in [5.41, 5.74) is 4.47. The fourth-order valence-electron chi connectivity index (χ4n) is 2.68. The lowest BCUT2D eigenvalue weighted by atomic mass is 10.1. The van der Waals surface area contributed by atoms with Gasteiger partial charge < -0.3 is 14.4 Å². The Balaban J connectivity index is 1.84. The molecule has 29 heavy (non-hydrogen) atoms. The van der Waals surface area contributed by atoms with E-state index in [1.807, 2.05) is 24.3 Å². The van der Waals surface area contributed by atoms with Crippen LogP contribution in [0.5, 0.6) is 11.5 Å². The van der Waals surface area contributed by atoms with Crippen molar-refractivity contribution >= 4 is 55.5 Å². The Hall–Kier alpha value is -2.38. The predicted octanol–water partition coefficient (Wildman–Crippen LogP) is 5.32. The summed E-state index contributed by atoms with van der Waals surface area (Å²) >= 11 is 5.18. The van der Waals surface area contributed by atoms with Gasteiger partial charge in [-0.15, -0.1) is 11.3 Å². The number of aromatic nitrogens is 1. The number of fused-ring (bicyclic) bond motifs is 1. The third kappa shape index (κ3) is 4.97. The van der Waals surface area contributed by atoms with Crippen LogP contribution in [0.3, 0.4) is 0 Å². The zero-order chi connectivity index (χ0) is 21.1. The van der Waals surface area contributed by atoms with E-state index in [-0.39, 0.29) is 12.5 Å². The first-order chi connectivity index (χ1) is 13.8. The molecule has 0 aliphatic heterocycles. The van der Waals surface area contributed by atoms with E-state index in [2.05, 4.69) is 41.9 Å². The number of hydrogen-bond donors (Lipinski definition) is 0. The molecular weight excluding hydrogens is 452 g/mol. The van der Waals surface area contributed by atoms with Crippen LogP contribution in [0, 0.1) is 13.8 Å². The van der Waals surface area contributed by atoms with Crippen LogP contribution in [0.25, 0.3) is 22.4 Å². The predicted molar refractivity (Wildman–Crippen MR) is 123 cm³/mol. The van der Waals surface area contributed by atoms with Crippen LogP contribution in [0.15, 0.2) is 28.7 Å². The van der Waals surface area contributed by atoms with E-state index < -0.39 is 0 Å². The monoisotopic (exact) mass is 474 g/mol. The average Bonchev–Trinajstić information content (AvgIpc) is 3.06. The first kappa shape index (κ1) is 21.3. The van der Waals surface area contributed by atoms with E-state index in [4.69, 9.17) is 14.5 Å². The van der Waals surface area contributed by atoms with Gasteiger partial charge in [-0.2, -0.15) is 0 Å². The lowest BCUT2D eigenvalue weighted by molar-refractivity contribution is -0.130. The molecule has 0 radical (unpaired) electrons. The zero-order valence-corrected chi connectivity index (χ0v) is 19.5. The number of benzene rings is 2. The molecule has 7 heteroatoms. The van der Waals surface area contributed by atoms with Crippen LogP contribution in [-0.2, 0) is 4.79 Å². The van der Waals surface area contributed by atoms with Crippen LogP contribution in [0.4, 0.5) is 0 Å². The summed E-state index contributed by atoms with van der Waals surface area (Å²) in [6.45, 7) is 4.16. The number of likely N-dealkylation sites (N-methyl/N-ethyl adjacent to an activating group) is 1. The lowest BCUT2D eigenvalue weighted by Crippen LogP contribution is -2.27. The van der Waals surface area contributed by atoms with Crippen molar-refractivity contribution in [1.29, 1.82) is 0 Å². The van der Waals surface area contributed by atoms with Gasteiger partial charge in [0.05, 0.1) is 21.8 Å². The summed E-state index contributed by atoms with van der Waals surface area (Å²) in [7, 11) is 4.96. The molecule has 0 bridgehead atoms. The molecule has 0 aliphatic rings. The van der Waals surface area contributed by atoms with Crippen molar-refractivity contribution in [3.63, 3.8) is 0 Å². The molecule has 3 rings (SSSR count). The van der Waals surface area contributed by atoms with E-state index in [0.717, 1.165) is 20.6 Å². The van der Waals surface area contributed by atoms with E-state index in [0.29, 0.717) is 11.5 Å². The van der Waals surface area contributed by atoms with E-state index in [1.165, 1.54) is 20.7 Å². The summed E-state index contributed by atoms with van der Waals surface area (Å²) < 4.78 is 13.0. The number of thiazole rings is 1. The van der Waals surface area contributed by atoms with Gasteiger partial charge in [0.25, 0.3) is 5.91 Å². The number of carbonyl (C=O) groups is 1. The van der Waals surface area contributed by atoms with Crippen LogP contribution < -0.4 is 9.47 Å². The van der Waals surface area contributed by atoms with Crippen LogP contribution in [-0.4, -0.2) is 43.6 Å². The minimum absolute atomic E-state index is 0.0539. The molecule has 5 nitrogen and oxygen atoms in total. The highest BCUT2D eigenvalue weighted by Gasteiger charge is 2.14. The maximum Gasteiger partial charge on any atom is 0.259 e. The molecule has 0 aliphatic carbocycles. The SMILES string of the molecule is COc1cc(C=Cc2nc3cc(C)c(C)cc3s2)cc(Br)c1OCC(=O)N(C)C. The maximum atomic E-state index is 11.8. The molecule has 0 saturated heterocycles. The molecule has 0 saturated carbocycles. The van der Waals surface area contributed by atoms with Crippen LogP contribution in [0.2, 0.25) is 0 Å². The number of methoxy groups -OCH3 is 1. The van der Waals surface area contributed by atoms with E-state index >= 15 is 0 Å². The standard InChI is InChI=1S/C22H23BrN2O3S/c1-13-8-17-19(9-14(13)2)29-20(24-17)7-6-15-10-16(23)22(18(11-15)27-5)28-12-21(26)25(3)4/h6-11H,12H2,1-5H3. The molecule has 152 valence electrons. The molecule has 0 atom stereocenters. The topological polar surface area (TPSA) is 51.7 Å². The van der Waals surface area contributed by atoms with E-state index in [1.54, 1.807) is 32.5 Å². The molecule has 0 unspecified atom stereocenters. The molecule has 0 N–H and O–H groups in total. The number of carbonyl (C=O) groups excluding carboxylic acids is 1. The van der Waals surface area contributed by atoms with Crippen molar-refractivity contribution in [3.05, 3.63) is 50.4 Å². The minimum Gasteiger partial charge on any atom is -0.493 e. The quantitative estimate of drug-likeness (QED) is 0.484. The van der Waals surface area contributed by atoms with Gasteiger partial charge >= 0.3 is 0 Å². The molecule has 3 aromatic rings. The number of hydrogen-bond acceptors (Lipinski definition) is 5. The Labute approximate surface area is 183 Å². The third-order valence-electron chi connectivity index (χ3n) is 4.53. The first-order valence-electron chi connectivity index (χ1n) is 9.05. The highest BCUT2D eigenvalue weighted by atomic mass is 79.9. The summed E-state index contributed by atoms with van der Waals surface area (Å²) in [5.74, 6) is 0.941. The second-order valence-corrected chi connectivity index (χ2v) is 8.82. The smallest absolute Gasteiger partial charge is 0.259 e. The fraction of sp³-hybridized carbons (Fsp3) is 0.273. The van der Waals surface area contributed by atoms with Crippen molar-refractivity contribution in [1.82, 2.24) is 9.88 Å². The van der Waals surface area contributed by atoms with E-state index in [9.17, 15) is 4.79 Å². The zero-order valence-electron chi connectivity index (χ0n) is 17.1. The molecule has 1 aromatic heterocycles. The van der Waals surface area contributed by atoms with Crippen molar-refractivity contribution in [3.8, 4) is 11.5 Å². The van der Waals surface area contributed by atoms with Crippen LogP contribution >= 0.6 is 27.3 Å². The van der Waals surface area contributed by atoms with Gasteiger partial charge in [0.2, 0.25) is 0 Å². The third-order valence-corrected chi connectivity index (χ3v) is 6.10. The van der Waals surface area contributed by atoms with Gasteiger partial charge in [0.15, 0.2) is 18.1 Å². The Morgan fingerprint density at radius 3 is 2.59 bits per heavy atom. The number of ether oxygens (including phenoxy) is 2. The maximum absolute atomic E-state index is 11.8. The second-order valence-electron chi connectivity index (χ2n) is 6.90. The van der Waals surface area contributed by atoms with Gasteiger partial charge in [0.1, 0.15) is 5.01 Å². The fourth-order valence-corrected chi connectivity index (χ4v) is 4.20. The summed E-state index contributed by atoms with van der Waals surface area (Å²) in [4.78, 5) is 18.0. The normalized spacial score (nSPS) is 11.2. The number of aryl methyl sites for hydroxylation is 2. The minimum atomic E-state index is -0.121. The molecule has 0 fully saturated rings. The van der Waals surface area contributed by atoms with Crippen molar-refractivity contribution < 1.29 is 14.3 Å². The summed E-state index contributed by atoms with van der Waals surface area (Å²) in [6.07, 6.45) is 3.98. The largest absolute Gasteiger partial charge is 0.493 e. The van der Waals surface area contributed by atoms with Gasteiger partial charge in [-0.3, -0.25) is 4.79 Å². The number of rotatable bonds is 6. The number of nitrogens with zero attached hydrogens (tertiary/aromatic N) is 2. The molecule has 1 heterocycles. The highest BCUT2D eigenvalue weighted by molar-refractivity contribution is 9.10. The summed E-state index contributed by atoms with van der Waals surface area (Å²) in [5, 5.41) is 0.942. The molecule has 0 spiro atoms. The average molecular weight is 475 g/mol. The van der Waals surface area contributed by atoms with Gasteiger partial charge in [-0.05, 0) is 76.8 Å². The van der Waals surface area contributed by atoms with Crippen molar-refractivity contribution in [2.24, 2.45) is 0 Å². The summed E-state index contributed by atoms with van der Waals surface area (Å²) in [6, 6.07) is 8.11. The Kier molecular flexibility index (Phi) is 6.59. The van der Waals surface area contributed by atoms with Crippen LogP contribution in [0.1, 0.15) is 21.7 Å². The van der Waals surface area contributed by atoms with Crippen molar-refractivity contribution in [2.75, 3.05) is 27.8 Å². The second kappa shape index (κ2) is 8.97. The Bertz CT molecular complexity index is 1050. The molecule has 2 aromatic carbocycles. The Morgan fingerprint density at radius 1 is 1.17 bits per heavy atom. The number of halogens is 1. The van der Waals surface area contributed by atoms with Gasteiger partial charge in [-0.1, -0.05) is 6.08 Å².